The lowest BCUT2D eigenvalue weighted by Gasteiger charge is -2.21. The topological polar surface area (TPSA) is 171 Å². The molecule has 1 aliphatic heterocycles. The van der Waals surface area contributed by atoms with Crippen LogP contribution in [0.1, 0.15) is 30.5 Å². The Labute approximate surface area is 199 Å². The first-order valence-corrected chi connectivity index (χ1v) is 11.0. The number of aliphatic hydroxyl groups excluding tert-OH is 2. The highest BCUT2D eigenvalue weighted by Gasteiger charge is 2.33. The normalized spacial score (nSPS) is 19.7. The highest BCUT2D eigenvalue weighted by molar-refractivity contribution is 5.82. The number of rotatable bonds is 7. The van der Waals surface area contributed by atoms with Crippen molar-refractivity contribution in [2.45, 2.75) is 50.7 Å². The summed E-state index contributed by atoms with van der Waals surface area (Å²) in [5.41, 5.74) is 1.02. The predicted molar refractivity (Wildman–Crippen MR) is 120 cm³/mol. The smallest absolute Gasteiger partial charge is 0.407 e. The van der Waals surface area contributed by atoms with Crippen molar-refractivity contribution in [1.82, 2.24) is 28.8 Å². The van der Waals surface area contributed by atoms with Crippen molar-refractivity contribution < 1.29 is 34.0 Å². The fraction of sp³-hybridized carbons (Fsp3) is 0.571. The summed E-state index contributed by atoms with van der Waals surface area (Å²) >= 11 is 0. The molecule has 190 valence electrons. The Morgan fingerprint density at radius 3 is 2.69 bits per heavy atom. The van der Waals surface area contributed by atoms with Gasteiger partial charge in [0.15, 0.2) is 17.2 Å². The van der Waals surface area contributed by atoms with Crippen LogP contribution in [0.15, 0.2) is 11.1 Å². The van der Waals surface area contributed by atoms with E-state index in [2.05, 4.69) is 24.8 Å². The molecule has 0 aromatic carbocycles. The van der Waals surface area contributed by atoms with Crippen LogP contribution in [0, 0.1) is 6.92 Å². The van der Waals surface area contributed by atoms with Crippen LogP contribution in [-0.2, 0) is 32.5 Å². The molecule has 1 saturated heterocycles. The van der Waals surface area contributed by atoms with Gasteiger partial charge in [0, 0.05) is 13.5 Å². The van der Waals surface area contributed by atoms with Gasteiger partial charge >= 0.3 is 12.1 Å². The van der Waals surface area contributed by atoms with E-state index in [1.165, 1.54) is 10.7 Å². The quantitative estimate of drug-likeness (QED) is 0.353. The molecule has 1 aliphatic rings. The molecule has 0 radical (unpaired) electrons. The van der Waals surface area contributed by atoms with Crippen LogP contribution in [0.3, 0.4) is 0 Å². The number of amides is 1. The van der Waals surface area contributed by atoms with Gasteiger partial charge in [0.25, 0.3) is 5.56 Å². The Bertz CT molecular complexity index is 1330. The standard InChI is InChI=1S/C21H28N6O8/c1-10-12(7-13(29)15(19(31)33-3)24-21(32)34-4)27-18(30)16-17(25(2)20(27)23-10)26(9-22-16)14-6-5-11(8-28)35-14/h9,11,13-15,28-29H,5-8H2,1-4H3,(H,24,32)/t11?,13?,14-,15?/m1/s1. The van der Waals surface area contributed by atoms with Gasteiger partial charge < -0.3 is 29.7 Å². The number of methoxy groups -OCH3 is 2. The molecule has 35 heavy (non-hydrogen) atoms. The van der Waals surface area contributed by atoms with Crippen LogP contribution in [0.4, 0.5) is 4.79 Å². The lowest BCUT2D eigenvalue weighted by molar-refractivity contribution is -0.146. The maximum atomic E-state index is 13.5. The number of aromatic nitrogens is 5. The van der Waals surface area contributed by atoms with E-state index in [4.69, 9.17) is 4.74 Å². The van der Waals surface area contributed by atoms with E-state index in [9.17, 15) is 24.6 Å². The van der Waals surface area contributed by atoms with E-state index in [0.717, 1.165) is 14.2 Å². The molecule has 14 nitrogen and oxygen atoms in total. The number of aliphatic hydroxyl groups is 2. The lowest BCUT2D eigenvalue weighted by Crippen LogP contribution is -2.50. The summed E-state index contributed by atoms with van der Waals surface area (Å²) in [7, 11) is 3.98. The molecule has 0 bridgehead atoms. The highest BCUT2D eigenvalue weighted by Crippen LogP contribution is 2.30. The number of imidazole rings is 2. The van der Waals surface area contributed by atoms with Gasteiger partial charge in [-0.25, -0.2) is 24.0 Å². The summed E-state index contributed by atoms with van der Waals surface area (Å²) in [5.74, 6) is -0.572. The minimum absolute atomic E-state index is 0.0884. The van der Waals surface area contributed by atoms with Crippen LogP contribution in [0.2, 0.25) is 0 Å². The third kappa shape index (κ3) is 4.24. The molecular formula is C21H28N6O8. The first kappa shape index (κ1) is 24.6. The monoisotopic (exact) mass is 492 g/mol. The fourth-order valence-corrected chi connectivity index (χ4v) is 4.44. The molecule has 3 N–H and O–H groups in total. The summed E-state index contributed by atoms with van der Waals surface area (Å²) in [6.07, 6.45) is -0.358. The van der Waals surface area contributed by atoms with E-state index in [1.54, 1.807) is 23.1 Å². The number of fused-ring (bicyclic) bond motifs is 2. The number of hydrogen-bond donors (Lipinski definition) is 3. The number of aryl methyl sites for hydroxylation is 2. The number of carbonyl (C=O) groups is 2. The predicted octanol–water partition coefficient (Wildman–Crippen LogP) is -0.838. The molecule has 3 aromatic rings. The van der Waals surface area contributed by atoms with Crippen LogP contribution in [-0.4, -0.2) is 84.9 Å². The number of nitrogens with zero attached hydrogens (tertiary/aromatic N) is 5. The number of hydrogen-bond acceptors (Lipinski definition) is 10. The average molecular weight is 492 g/mol. The molecular weight excluding hydrogens is 464 g/mol. The van der Waals surface area contributed by atoms with Gasteiger partial charge in [0.05, 0.1) is 50.7 Å². The minimum atomic E-state index is -1.44. The molecule has 4 atom stereocenters. The van der Waals surface area contributed by atoms with Crippen LogP contribution >= 0.6 is 0 Å². The Morgan fingerprint density at radius 2 is 2.06 bits per heavy atom. The summed E-state index contributed by atoms with van der Waals surface area (Å²) in [6.45, 7) is 1.59. The number of ether oxygens (including phenoxy) is 3. The molecule has 0 saturated carbocycles. The van der Waals surface area contributed by atoms with Crippen molar-refractivity contribution in [3.63, 3.8) is 0 Å². The first-order chi connectivity index (χ1) is 16.7. The largest absolute Gasteiger partial charge is 0.467 e. The van der Waals surface area contributed by atoms with E-state index in [1.807, 2.05) is 0 Å². The van der Waals surface area contributed by atoms with Gasteiger partial charge in [-0.05, 0) is 19.8 Å². The molecule has 3 aromatic heterocycles. The Hall–Kier alpha value is -3.49. The number of alkyl carbamates (subject to hydrolysis) is 1. The molecule has 4 heterocycles. The highest BCUT2D eigenvalue weighted by atomic mass is 16.5. The zero-order valence-corrected chi connectivity index (χ0v) is 19.8. The fourth-order valence-electron chi connectivity index (χ4n) is 4.44. The third-order valence-electron chi connectivity index (χ3n) is 6.25. The average Bonchev–Trinajstić information content (AvgIpc) is 3.57. The summed E-state index contributed by atoms with van der Waals surface area (Å²) in [5, 5.41) is 22.4. The van der Waals surface area contributed by atoms with Gasteiger partial charge in [-0.15, -0.1) is 0 Å². The third-order valence-corrected chi connectivity index (χ3v) is 6.25. The van der Waals surface area contributed by atoms with Crippen molar-refractivity contribution in [3.05, 3.63) is 28.1 Å². The minimum Gasteiger partial charge on any atom is -0.467 e. The maximum Gasteiger partial charge on any atom is 0.407 e. The van der Waals surface area contributed by atoms with Crippen molar-refractivity contribution in [2.75, 3.05) is 20.8 Å². The van der Waals surface area contributed by atoms with Crippen molar-refractivity contribution in [2.24, 2.45) is 7.05 Å². The molecule has 14 heteroatoms. The van der Waals surface area contributed by atoms with Crippen LogP contribution in [0.25, 0.3) is 16.9 Å². The SMILES string of the molecule is COC(=O)NC(C(=O)OC)C(O)Cc1c(C)nc2n(C)c3c(ncn3[C@H]3CCC(CO)O3)c(=O)n12. The van der Waals surface area contributed by atoms with Gasteiger partial charge in [-0.1, -0.05) is 0 Å². The van der Waals surface area contributed by atoms with Crippen molar-refractivity contribution in [1.29, 1.82) is 0 Å². The molecule has 0 aliphatic carbocycles. The van der Waals surface area contributed by atoms with E-state index in [0.29, 0.717) is 35.7 Å². The number of esters is 1. The van der Waals surface area contributed by atoms with E-state index >= 15 is 0 Å². The first-order valence-electron chi connectivity index (χ1n) is 11.0. The van der Waals surface area contributed by atoms with E-state index < -0.39 is 29.8 Å². The van der Waals surface area contributed by atoms with Gasteiger partial charge in [-0.3, -0.25) is 13.9 Å². The molecule has 1 amide bonds. The lowest BCUT2D eigenvalue weighted by atomic mass is 10.1. The van der Waals surface area contributed by atoms with Crippen LogP contribution < -0.4 is 10.9 Å². The molecule has 0 spiro atoms. The summed E-state index contributed by atoms with van der Waals surface area (Å²) < 4.78 is 19.8. The zero-order chi connectivity index (χ0) is 25.4. The summed E-state index contributed by atoms with van der Waals surface area (Å²) in [4.78, 5) is 46.1. The van der Waals surface area contributed by atoms with Gasteiger partial charge in [0.1, 0.15) is 6.23 Å². The zero-order valence-electron chi connectivity index (χ0n) is 19.8. The van der Waals surface area contributed by atoms with E-state index in [-0.39, 0.29) is 30.9 Å². The second-order valence-corrected chi connectivity index (χ2v) is 8.35. The Balaban J connectivity index is 1.77. The molecule has 1 fully saturated rings. The maximum absolute atomic E-state index is 13.5. The summed E-state index contributed by atoms with van der Waals surface area (Å²) in [6, 6.07) is -1.43. The van der Waals surface area contributed by atoms with Gasteiger partial charge in [0.2, 0.25) is 5.78 Å². The molecule has 3 unspecified atom stereocenters. The van der Waals surface area contributed by atoms with Gasteiger partial charge in [-0.2, -0.15) is 0 Å². The Kier molecular flexibility index (Phi) is 6.78. The number of carbonyl (C=O) groups excluding carboxylic acids is 2. The second kappa shape index (κ2) is 9.64. The molecule has 4 rings (SSSR count). The van der Waals surface area contributed by atoms with Crippen molar-refractivity contribution in [3.8, 4) is 0 Å². The number of nitrogens with one attached hydrogen (secondary N) is 1. The Morgan fingerprint density at radius 1 is 1.31 bits per heavy atom. The second-order valence-electron chi connectivity index (χ2n) is 8.35. The van der Waals surface area contributed by atoms with Crippen molar-refractivity contribution >= 4 is 29.0 Å². The van der Waals surface area contributed by atoms with Crippen LogP contribution in [0.5, 0.6) is 0 Å².